The van der Waals surface area contributed by atoms with Gasteiger partial charge >= 0.3 is 0 Å². The Balaban J connectivity index is 2.14. The smallest absolute Gasteiger partial charge is 0.257 e. The monoisotopic (exact) mass is 262 g/mol. The van der Waals surface area contributed by atoms with Crippen molar-refractivity contribution in [3.05, 3.63) is 24.0 Å². The van der Waals surface area contributed by atoms with Gasteiger partial charge in [-0.2, -0.15) is 0 Å². The van der Waals surface area contributed by atoms with Gasteiger partial charge in [0.15, 0.2) is 0 Å². The van der Waals surface area contributed by atoms with Gasteiger partial charge in [-0.15, -0.1) is 0 Å². The number of anilines is 1. The highest BCUT2D eigenvalue weighted by Gasteiger charge is 2.21. The van der Waals surface area contributed by atoms with E-state index in [1.807, 2.05) is 17.9 Å². The molecule has 1 N–H and O–H groups in total. The Hall–Kier alpha value is -1.62. The summed E-state index contributed by atoms with van der Waals surface area (Å²) in [5.74, 6) is 0.0827. The Morgan fingerprint density at radius 3 is 3.00 bits per heavy atom. The van der Waals surface area contributed by atoms with Crippen LogP contribution < -0.4 is 5.32 Å². The summed E-state index contributed by atoms with van der Waals surface area (Å²) in [7, 11) is 2.10. The van der Waals surface area contributed by atoms with E-state index in [2.05, 4.69) is 22.2 Å². The lowest BCUT2D eigenvalue weighted by molar-refractivity contribution is 0.0763. The van der Waals surface area contributed by atoms with Gasteiger partial charge in [-0.1, -0.05) is 0 Å². The summed E-state index contributed by atoms with van der Waals surface area (Å²) in [6, 6.07) is 1.86. The molecule has 0 saturated carbocycles. The molecule has 5 nitrogen and oxygen atoms in total. The van der Waals surface area contributed by atoms with Crippen LogP contribution in [0, 0.1) is 0 Å². The number of hydrogen-bond donors (Lipinski definition) is 1. The zero-order valence-electron chi connectivity index (χ0n) is 11.7. The van der Waals surface area contributed by atoms with Crippen molar-refractivity contribution < 1.29 is 4.79 Å². The Morgan fingerprint density at radius 1 is 1.37 bits per heavy atom. The van der Waals surface area contributed by atoms with E-state index in [0.717, 1.165) is 44.8 Å². The second kappa shape index (κ2) is 6.52. The van der Waals surface area contributed by atoms with Crippen molar-refractivity contribution in [2.45, 2.75) is 13.3 Å². The molecule has 1 fully saturated rings. The molecule has 1 aliphatic heterocycles. The third-order valence-corrected chi connectivity index (χ3v) is 3.43. The van der Waals surface area contributed by atoms with Crippen LogP contribution in [-0.2, 0) is 0 Å². The zero-order chi connectivity index (χ0) is 13.7. The van der Waals surface area contributed by atoms with Gasteiger partial charge in [0, 0.05) is 38.6 Å². The van der Waals surface area contributed by atoms with Gasteiger partial charge in [0.1, 0.15) is 0 Å². The van der Waals surface area contributed by atoms with Crippen molar-refractivity contribution >= 4 is 11.6 Å². The number of rotatable bonds is 3. The fraction of sp³-hybridized carbons (Fsp3) is 0.571. The van der Waals surface area contributed by atoms with Gasteiger partial charge in [-0.05, 0) is 33.0 Å². The molecule has 5 heteroatoms. The highest BCUT2D eigenvalue weighted by molar-refractivity contribution is 5.99. The molecule has 0 spiro atoms. The summed E-state index contributed by atoms with van der Waals surface area (Å²) >= 11 is 0. The Morgan fingerprint density at radius 2 is 2.21 bits per heavy atom. The second-order valence-corrected chi connectivity index (χ2v) is 4.90. The van der Waals surface area contributed by atoms with Gasteiger partial charge < -0.3 is 15.1 Å². The number of hydrogen-bond acceptors (Lipinski definition) is 4. The maximum Gasteiger partial charge on any atom is 0.257 e. The first-order valence-electron chi connectivity index (χ1n) is 6.88. The number of carbonyl (C=O) groups is 1. The Bertz CT molecular complexity index is 435. The highest BCUT2D eigenvalue weighted by atomic mass is 16.2. The van der Waals surface area contributed by atoms with Gasteiger partial charge in [0.25, 0.3) is 5.91 Å². The lowest BCUT2D eigenvalue weighted by Crippen LogP contribution is -2.35. The molecular weight excluding hydrogens is 240 g/mol. The molecule has 1 aromatic heterocycles. The normalized spacial score (nSPS) is 17.1. The third kappa shape index (κ3) is 3.44. The van der Waals surface area contributed by atoms with Crippen molar-refractivity contribution in [3.8, 4) is 0 Å². The van der Waals surface area contributed by atoms with Crippen LogP contribution in [-0.4, -0.2) is 60.5 Å². The van der Waals surface area contributed by atoms with Gasteiger partial charge in [-0.25, -0.2) is 0 Å². The minimum atomic E-state index is 0.0827. The molecule has 0 atom stereocenters. The fourth-order valence-corrected chi connectivity index (χ4v) is 2.33. The van der Waals surface area contributed by atoms with Crippen LogP contribution in [0.25, 0.3) is 0 Å². The van der Waals surface area contributed by atoms with Crippen LogP contribution in [0.5, 0.6) is 0 Å². The minimum absolute atomic E-state index is 0.0827. The third-order valence-electron chi connectivity index (χ3n) is 3.43. The number of amides is 1. The van der Waals surface area contributed by atoms with E-state index >= 15 is 0 Å². The number of nitrogens with zero attached hydrogens (tertiary/aromatic N) is 3. The SMILES string of the molecule is CCNc1ccncc1C(=O)N1CCCN(C)CC1. The Kier molecular flexibility index (Phi) is 4.74. The van der Waals surface area contributed by atoms with Crippen molar-refractivity contribution in [1.29, 1.82) is 0 Å². The van der Waals surface area contributed by atoms with E-state index in [1.165, 1.54) is 0 Å². The largest absolute Gasteiger partial charge is 0.385 e. The van der Waals surface area contributed by atoms with E-state index in [-0.39, 0.29) is 5.91 Å². The molecule has 1 amide bonds. The molecule has 0 unspecified atom stereocenters. The average Bonchev–Trinajstić information content (AvgIpc) is 2.64. The summed E-state index contributed by atoms with van der Waals surface area (Å²) in [4.78, 5) is 20.9. The average molecular weight is 262 g/mol. The summed E-state index contributed by atoms with van der Waals surface area (Å²) in [6.07, 6.45) is 4.40. The molecule has 0 aliphatic carbocycles. The van der Waals surface area contributed by atoms with Gasteiger partial charge in [0.2, 0.25) is 0 Å². The van der Waals surface area contributed by atoms with Crippen molar-refractivity contribution in [1.82, 2.24) is 14.8 Å². The molecule has 104 valence electrons. The second-order valence-electron chi connectivity index (χ2n) is 4.90. The van der Waals surface area contributed by atoms with Gasteiger partial charge in [0.05, 0.1) is 11.3 Å². The first-order valence-corrected chi connectivity index (χ1v) is 6.88. The molecule has 2 rings (SSSR count). The molecule has 1 saturated heterocycles. The quantitative estimate of drug-likeness (QED) is 0.892. The molecule has 19 heavy (non-hydrogen) atoms. The number of likely N-dealkylation sites (N-methyl/N-ethyl adjacent to an activating group) is 1. The number of carbonyl (C=O) groups excluding carboxylic acids is 1. The lowest BCUT2D eigenvalue weighted by atomic mass is 10.2. The van der Waals surface area contributed by atoms with E-state index in [4.69, 9.17) is 0 Å². The van der Waals surface area contributed by atoms with Crippen LogP contribution in [0.1, 0.15) is 23.7 Å². The first-order chi connectivity index (χ1) is 9.22. The van der Waals surface area contributed by atoms with Crippen molar-refractivity contribution in [3.63, 3.8) is 0 Å². The van der Waals surface area contributed by atoms with E-state index in [0.29, 0.717) is 5.56 Å². The van der Waals surface area contributed by atoms with E-state index in [1.54, 1.807) is 12.4 Å². The first kappa shape index (κ1) is 13.8. The van der Waals surface area contributed by atoms with E-state index < -0.39 is 0 Å². The number of aromatic nitrogens is 1. The molecule has 0 radical (unpaired) electrons. The fourth-order valence-electron chi connectivity index (χ4n) is 2.33. The van der Waals surface area contributed by atoms with E-state index in [9.17, 15) is 4.79 Å². The minimum Gasteiger partial charge on any atom is -0.385 e. The maximum atomic E-state index is 12.6. The standard InChI is InChI=1S/C14H22N4O/c1-3-16-13-5-6-15-11-12(13)14(19)18-8-4-7-17(2)9-10-18/h5-6,11H,3-4,7-10H2,1-2H3,(H,15,16). The zero-order valence-corrected chi connectivity index (χ0v) is 11.7. The molecule has 1 aliphatic rings. The predicted molar refractivity (Wildman–Crippen MR) is 76.4 cm³/mol. The summed E-state index contributed by atoms with van der Waals surface area (Å²) in [5.41, 5.74) is 1.55. The van der Waals surface area contributed by atoms with Crippen molar-refractivity contribution in [2.75, 3.05) is 45.1 Å². The Labute approximate surface area is 114 Å². The van der Waals surface area contributed by atoms with Crippen molar-refractivity contribution in [2.24, 2.45) is 0 Å². The summed E-state index contributed by atoms with van der Waals surface area (Å²) in [6.45, 7) is 6.42. The molecule has 2 heterocycles. The highest BCUT2D eigenvalue weighted by Crippen LogP contribution is 2.16. The number of pyridine rings is 1. The van der Waals surface area contributed by atoms with Crippen LogP contribution >= 0.6 is 0 Å². The molecule has 0 aromatic carbocycles. The summed E-state index contributed by atoms with van der Waals surface area (Å²) < 4.78 is 0. The van der Waals surface area contributed by atoms with Crippen LogP contribution in [0.4, 0.5) is 5.69 Å². The predicted octanol–water partition coefficient (Wildman–Crippen LogP) is 1.29. The molecular formula is C14H22N4O. The van der Waals surface area contributed by atoms with Crippen LogP contribution in [0.15, 0.2) is 18.5 Å². The van der Waals surface area contributed by atoms with Crippen LogP contribution in [0.3, 0.4) is 0 Å². The van der Waals surface area contributed by atoms with Crippen LogP contribution in [0.2, 0.25) is 0 Å². The van der Waals surface area contributed by atoms with Gasteiger partial charge in [-0.3, -0.25) is 9.78 Å². The lowest BCUT2D eigenvalue weighted by Gasteiger charge is -2.21. The number of nitrogens with one attached hydrogen (secondary N) is 1. The molecule has 0 bridgehead atoms. The molecule has 1 aromatic rings. The topological polar surface area (TPSA) is 48.5 Å². The maximum absolute atomic E-state index is 12.6. The summed E-state index contributed by atoms with van der Waals surface area (Å²) in [5, 5.41) is 3.22.